The smallest absolute Gasteiger partial charge is 0.317 e. The monoisotopic (exact) mass is 355 g/mol. The van der Waals surface area contributed by atoms with E-state index in [9.17, 15) is 27.2 Å². The molecule has 1 aromatic carbocycles. The standard InChI is InChI=1S/C14H14FN3O5S/c15-8-1-2-11-10(5-8)17-13(20)14(21)18(11)6-12(19)16-9-3-4-24(22,23)7-9/h1-2,5,9H,3-4,6-7H2,(H,16,19)(H,17,20). The topological polar surface area (TPSA) is 118 Å². The van der Waals surface area contributed by atoms with Crippen LogP contribution in [0.1, 0.15) is 6.42 Å². The molecular formula is C14H14FN3O5S. The molecule has 3 rings (SSSR count). The fourth-order valence-electron chi connectivity index (χ4n) is 2.73. The summed E-state index contributed by atoms with van der Waals surface area (Å²) in [7, 11) is -3.15. The second-order valence-corrected chi connectivity index (χ2v) is 7.90. The molecule has 10 heteroatoms. The second kappa shape index (κ2) is 5.86. The number of sulfone groups is 1. The number of halogens is 1. The highest BCUT2D eigenvalue weighted by atomic mass is 32.2. The van der Waals surface area contributed by atoms with Gasteiger partial charge in [0.25, 0.3) is 0 Å². The molecule has 1 aliphatic rings. The minimum absolute atomic E-state index is 0.00507. The van der Waals surface area contributed by atoms with Crippen molar-refractivity contribution in [3.05, 3.63) is 44.7 Å². The minimum atomic E-state index is -3.15. The van der Waals surface area contributed by atoms with Gasteiger partial charge in [0.05, 0.1) is 22.5 Å². The molecule has 0 spiro atoms. The summed E-state index contributed by atoms with van der Waals surface area (Å²) in [5, 5.41) is 2.54. The van der Waals surface area contributed by atoms with Gasteiger partial charge in [-0.3, -0.25) is 19.0 Å². The van der Waals surface area contributed by atoms with Gasteiger partial charge in [0.15, 0.2) is 9.84 Å². The molecule has 0 bridgehead atoms. The van der Waals surface area contributed by atoms with Crippen LogP contribution < -0.4 is 16.4 Å². The van der Waals surface area contributed by atoms with Crippen molar-refractivity contribution < 1.29 is 17.6 Å². The average Bonchev–Trinajstić information content (AvgIpc) is 2.82. The molecule has 2 heterocycles. The van der Waals surface area contributed by atoms with Crippen LogP contribution in [0.2, 0.25) is 0 Å². The Morgan fingerprint density at radius 2 is 2.12 bits per heavy atom. The summed E-state index contributed by atoms with van der Waals surface area (Å²) in [4.78, 5) is 38.0. The third kappa shape index (κ3) is 3.23. The molecule has 1 saturated heterocycles. The number of fused-ring (bicyclic) bond motifs is 1. The molecule has 2 aromatic rings. The van der Waals surface area contributed by atoms with Crippen molar-refractivity contribution in [1.82, 2.24) is 14.9 Å². The number of amides is 1. The lowest BCUT2D eigenvalue weighted by atomic mass is 10.2. The van der Waals surface area contributed by atoms with Gasteiger partial charge in [-0.05, 0) is 24.6 Å². The number of nitrogens with zero attached hydrogens (tertiary/aromatic N) is 1. The molecule has 2 N–H and O–H groups in total. The van der Waals surface area contributed by atoms with Crippen LogP contribution in [0, 0.1) is 5.82 Å². The largest absolute Gasteiger partial charge is 0.351 e. The summed E-state index contributed by atoms with van der Waals surface area (Å²) in [6, 6.07) is 2.94. The van der Waals surface area contributed by atoms with E-state index in [1.165, 1.54) is 6.07 Å². The first-order valence-electron chi connectivity index (χ1n) is 7.17. The first-order chi connectivity index (χ1) is 11.2. The van der Waals surface area contributed by atoms with Gasteiger partial charge in [0, 0.05) is 6.04 Å². The SMILES string of the molecule is O=C(Cn1c(=O)c(=O)[nH]c2cc(F)ccc21)NC1CCS(=O)(=O)C1. The highest BCUT2D eigenvalue weighted by molar-refractivity contribution is 7.91. The fraction of sp³-hybridized carbons (Fsp3) is 0.357. The Bertz CT molecular complexity index is 1040. The highest BCUT2D eigenvalue weighted by Gasteiger charge is 2.29. The number of H-pyrrole nitrogens is 1. The molecule has 0 saturated carbocycles. The van der Waals surface area contributed by atoms with E-state index in [1.807, 2.05) is 0 Å². The Morgan fingerprint density at radius 1 is 1.38 bits per heavy atom. The van der Waals surface area contributed by atoms with Crippen LogP contribution >= 0.6 is 0 Å². The highest BCUT2D eigenvalue weighted by Crippen LogP contribution is 2.12. The molecule has 1 aliphatic heterocycles. The van der Waals surface area contributed by atoms with Gasteiger partial charge in [-0.2, -0.15) is 0 Å². The van der Waals surface area contributed by atoms with Crippen molar-refractivity contribution in [2.75, 3.05) is 11.5 Å². The van der Waals surface area contributed by atoms with Gasteiger partial charge in [-0.15, -0.1) is 0 Å². The number of benzene rings is 1. The van der Waals surface area contributed by atoms with E-state index in [0.29, 0.717) is 6.42 Å². The van der Waals surface area contributed by atoms with Gasteiger partial charge < -0.3 is 10.3 Å². The maximum atomic E-state index is 13.3. The average molecular weight is 355 g/mol. The number of aromatic amines is 1. The van der Waals surface area contributed by atoms with Gasteiger partial charge in [-0.1, -0.05) is 0 Å². The summed E-state index contributed by atoms with van der Waals surface area (Å²) >= 11 is 0. The van der Waals surface area contributed by atoms with E-state index in [-0.39, 0.29) is 22.5 Å². The van der Waals surface area contributed by atoms with Crippen LogP contribution in [0.4, 0.5) is 4.39 Å². The van der Waals surface area contributed by atoms with Crippen molar-refractivity contribution in [3.8, 4) is 0 Å². The van der Waals surface area contributed by atoms with E-state index in [0.717, 1.165) is 16.7 Å². The molecule has 8 nitrogen and oxygen atoms in total. The molecule has 1 atom stereocenters. The first-order valence-corrected chi connectivity index (χ1v) is 8.99. The Hall–Kier alpha value is -2.49. The zero-order chi connectivity index (χ0) is 17.5. The van der Waals surface area contributed by atoms with Crippen LogP contribution in [-0.2, 0) is 21.2 Å². The van der Waals surface area contributed by atoms with E-state index >= 15 is 0 Å². The molecule has 128 valence electrons. The summed E-state index contributed by atoms with van der Waals surface area (Å²) < 4.78 is 37.0. The van der Waals surface area contributed by atoms with E-state index in [4.69, 9.17) is 0 Å². The fourth-order valence-corrected chi connectivity index (χ4v) is 4.41. The van der Waals surface area contributed by atoms with E-state index < -0.39 is 45.3 Å². The van der Waals surface area contributed by atoms with Crippen LogP contribution in [0.5, 0.6) is 0 Å². The summed E-state index contributed by atoms with van der Waals surface area (Å²) in [6.45, 7) is -0.457. The third-order valence-corrected chi connectivity index (χ3v) is 5.60. The molecule has 1 fully saturated rings. The zero-order valence-corrected chi connectivity index (χ0v) is 13.2. The molecule has 0 radical (unpaired) electrons. The number of hydrogen-bond donors (Lipinski definition) is 2. The van der Waals surface area contributed by atoms with Crippen LogP contribution in [-0.4, -0.2) is 41.4 Å². The number of hydrogen-bond acceptors (Lipinski definition) is 5. The summed E-state index contributed by atoms with van der Waals surface area (Å²) in [6.07, 6.45) is 0.310. The molecule has 1 amide bonds. The van der Waals surface area contributed by atoms with Gasteiger partial charge in [0.2, 0.25) is 5.91 Å². The van der Waals surface area contributed by atoms with Crippen LogP contribution in [0.15, 0.2) is 27.8 Å². The molecule has 0 aliphatic carbocycles. The molecule has 1 unspecified atom stereocenters. The summed E-state index contributed by atoms with van der Waals surface area (Å²) in [5.74, 6) is -1.32. The van der Waals surface area contributed by atoms with Crippen LogP contribution in [0.25, 0.3) is 11.0 Å². The Kier molecular flexibility index (Phi) is 3.99. The number of rotatable bonds is 3. The lowest BCUT2D eigenvalue weighted by Crippen LogP contribution is -2.43. The Labute approximate surface area is 135 Å². The minimum Gasteiger partial charge on any atom is -0.351 e. The maximum Gasteiger partial charge on any atom is 0.317 e. The Morgan fingerprint density at radius 3 is 2.79 bits per heavy atom. The van der Waals surface area contributed by atoms with Crippen molar-refractivity contribution in [3.63, 3.8) is 0 Å². The number of aromatic nitrogens is 2. The van der Waals surface area contributed by atoms with Gasteiger partial charge in [-0.25, -0.2) is 12.8 Å². The number of carbonyl (C=O) groups is 1. The third-order valence-electron chi connectivity index (χ3n) is 3.84. The normalized spacial score (nSPS) is 19.5. The van der Waals surface area contributed by atoms with E-state index in [1.54, 1.807) is 0 Å². The van der Waals surface area contributed by atoms with Crippen molar-refractivity contribution in [1.29, 1.82) is 0 Å². The van der Waals surface area contributed by atoms with Crippen molar-refractivity contribution in [2.24, 2.45) is 0 Å². The second-order valence-electron chi connectivity index (χ2n) is 5.67. The predicted molar refractivity (Wildman–Crippen MR) is 84.0 cm³/mol. The van der Waals surface area contributed by atoms with Crippen molar-refractivity contribution >= 4 is 26.8 Å². The van der Waals surface area contributed by atoms with E-state index in [2.05, 4.69) is 10.3 Å². The first kappa shape index (κ1) is 16.4. The van der Waals surface area contributed by atoms with Crippen molar-refractivity contribution in [2.45, 2.75) is 19.0 Å². The van der Waals surface area contributed by atoms with Crippen LogP contribution in [0.3, 0.4) is 0 Å². The van der Waals surface area contributed by atoms with Gasteiger partial charge in [0.1, 0.15) is 12.4 Å². The summed E-state index contributed by atoms with van der Waals surface area (Å²) in [5.41, 5.74) is -1.61. The molecule has 24 heavy (non-hydrogen) atoms. The zero-order valence-electron chi connectivity index (χ0n) is 12.4. The number of carbonyl (C=O) groups excluding carboxylic acids is 1. The predicted octanol–water partition coefficient (Wildman–Crippen LogP) is -0.868. The lowest BCUT2D eigenvalue weighted by molar-refractivity contribution is -0.122. The maximum absolute atomic E-state index is 13.3. The molecule has 1 aromatic heterocycles. The quantitative estimate of drug-likeness (QED) is 0.694. The Balaban J connectivity index is 1.89. The number of nitrogens with one attached hydrogen (secondary N) is 2. The molecular weight excluding hydrogens is 341 g/mol. The van der Waals surface area contributed by atoms with Gasteiger partial charge >= 0.3 is 11.1 Å². The lowest BCUT2D eigenvalue weighted by Gasteiger charge is -2.13.